The van der Waals surface area contributed by atoms with Crippen LogP contribution in [0.2, 0.25) is 0 Å². The van der Waals surface area contributed by atoms with Crippen molar-refractivity contribution in [1.82, 2.24) is 19.9 Å². The molecule has 0 radical (unpaired) electrons. The number of H-pyrrole nitrogens is 2. The molecule has 2 aliphatic heterocycles. The summed E-state index contributed by atoms with van der Waals surface area (Å²) in [5.41, 5.74) is 16.0. The molecule has 6 rings (SSSR count). The molecule has 4 aromatic rings. The Morgan fingerprint density at radius 2 is 1.00 bits per heavy atom. The molecule has 40 heavy (non-hydrogen) atoms. The Morgan fingerprint density at radius 1 is 0.575 bits per heavy atom. The van der Waals surface area contributed by atoms with Crippen LogP contribution in [0.3, 0.4) is 0 Å². The highest BCUT2D eigenvalue weighted by atomic mass is 14.8. The zero-order valence-electron chi connectivity index (χ0n) is 23.5. The zero-order valence-corrected chi connectivity index (χ0v) is 23.5. The first-order valence-electron chi connectivity index (χ1n) is 14.2. The minimum atomic E-state index is 0.643. The molecule has 0 aliphatic carbocycles. The summed E-state index contributed by atoms with van der Waals surface area (Å²) in [6.07, 6.45) is 3.70. The van der Waals surface area contributed by atoms with Crippen LogP contribution in [0.1, 0.15) is 81.7 Å². The summed E-state index contributed by atoms with van der Waals surface area (Å²) in [6, 6.07) is 25.0. The second-order valence-electron chi connectivity index (χ2n) is 10.2. The lowest BCUT2D eigenvalue weighted by Gasteiger charge is -2.04. The lowest BCUT2D eigenvalue weighted by Crippen LogP contribution is -1.86. The van der Waals surface area contributed by atoms with Crippen LogP contribution in [0, 0.1) is 11.3 Å². The summed E-state index contributed by atoms with van der Waals surface area (Å²) in [4.78, 5) is 17.6. The van der Waals surface area contributed by atoms with Crippen molar-refractivity contribution in [3.63, 3.8) is 0 Å². The van der Waals surface area contributed by atoms with Crippen LogP contribution >= 0.6 is 0 Å². The third-order valence-electron chi connectivity index (χ3n) is 7.98. The second kappa shape index (κ2) is 10.5. The Bertz CT molecular complexity index is 1780. The van der Waals surface area contributed by atoms with E-state index in [0.29, 0.717) is 5.56 Å². The molecule has 0 amide bonds. The van der Waals surface area contributed by atoms with Crippen LogP contribution in [-0.4, -0.2) is 19.9 Å². The quantitative estimate of drug-likeness (QED) is 0.273. The molecule has 5 heterocycles. The number of aromatic nitrogens is 4. The summed E-state index contributed by atoms with van der Waals surface area (Å²) in [5, 5.41) is 9.34. The van der Waals surface area contributed by atoms with Crippen molar-refractivity contribution in [3.05, 3.63) is 95.1 Å². The first-order chi connectivity index (χ1) is 19.6. The molecule has 3 aromatic heterocycles. The molecule has 198 valence electrons. The number of hydrogen-bond acceptors (Lipinski definition) is 3. The van der Waals surface area contributed by atoms with E-state index in [4.69, 9.17) is 9.97 Å². The van der Waals surface area contributed by atoms with Gasteiger partial charge in [-0.15, -0.1) is 0 Å². The minimum absolute atomic E-state index is 0.643. The molecule has 2 aliphatic rings. The first-order valence-corrected chi connectivity index (χ1v) is 14.2. The van der Waals surface area contributed by atoms with Crippen molar-refractivity contribution in [2.24, 2.45) is 0 Å². The van der Waals surface area contributed by atoms with Gasteiger partial charge in [-0.2, -0.15) is 5.26 Å². The Morgan fingerprint density at radius 3 is 1.40 bits per heavy atom. The number of nitrogens with one attached hydrogen (secondary N) is 2. The maximum Gasteiger partial charge on any atom is 0.0991 e. The molecular formula is C35H33N5. The van der Waals surface area contributed by atoms with E-state index in [-0.39, 0.29) is 0 Å². The van der Waals surface area contributed by atoms with Crippen LogP contribution < -0.4 is 0 Å². The molecule has 0 saturated heterocycles. The molecule has 5 nitrogen and oxygen atoms in total. The van der Waals surface area contributed by atoms with Gasteiger partial charge in [-0.05, 0) is 108 Å². The normalized spacial score (nSPS) is 13.2. The fourth-order valence-electron chi connectivity index (χ4n) is 6.08. The number of benzene rings is 1. The van der Waals surface area contributed by atoms with E-state index in [1.807, 2.05) is 24.3 Å². The van der Waals surface area contributed by atoms with Gasteiger partial charge in [-0.3, -0.25) is 0 Å². The molecule has 0 unspecified atom stereocenters. The summed E-state index contributed by atoms with van der Waals surface area (Å²) in [5.74, 6) is 0. The average Bonchev–Trinajstić information content (AvgIpc) is 3.75. The lowest BCUT2D eigenvalue weighted by molar-refractivity contribution is 1.18. The van der Waals surface area contributed by atoms with Gasteiger partial charge in [0.25, 0.3) is 0 Å². The van der Waals surface area contributed by atoms with Gasteiger partial charge >= 0.3 is 0 Å². The zero-order chi connectivity index (χ0) is 27.8. The fourth-order valence-corrected chi connectivity index (χ4v) is 6.08. The number of nitrogens with zero attached hydrogens (tertiary/aromatic N) is 3. The van der Waals surface area contributed by atoms with Gasteiger partial charge in [0, 0.05) is 27.6 Å². The van der Waals surface area contributed by atoms with E-state index in [2.05, 4.69) is 86.2 Å². The molecule has 0 fully saturated rings. The van der Waals surface area contributed by atoms with E-state index in [0.717, 1.165) is 81.7 Å². The predicted octanol–water partition coefficient (Wildman–Crippen LogP) is 9.32. The van der Waals surface area contributed by atoms with Crippen LogP contribution in [0.15, 0.2) is 66.7 Å². The number of nitriles is 1. The third-order valence-corrected chi connectivity index (χ3v) is 7.98. The largest absolute Gasteiger partial charge is 0.355 e. The van der Waals surface area contributed by atoms with Crippen molar-refractivity contribution in [2.45, 2.75) is 53.4 Å². The number of fused-ring (bicyclic) bond motifs is 8. The average molecular weight is 524 g/mol. The number of hydrogen-bond donors (Lipinski definition) is 2. The first kappa shape index (κ1) is 25.6. The van der Waals surface area contributed by atoms with Crippen LogP contribution in [0.25, 0.3) is 55.5 Å². The highest BCUT2D eigenvalue weighted by Gasteiger charge is 2.21. The van der Waals surface area contributed by atoms with Gasteiger partial charge in [0.2, 0.25) is 0 Å². The highest BCUT2D eigenvalue weighted by Crippen LogP contribution is 2.38. The summed E-state index contributed by atoms with van der Waals surface area (Å²) in [6.45, 7) is 8.84. The third kappa shape index (κ3) is 4.36. The van der Waals surface area contributed by atoms with Gasteiger partial charge in [0.15, 0.2) is 0 Å². The lowest BCUT2D eigenvalue weighted by atomic mass is 9.98. The molecule has 0 atom stereocenters. The number of aromatic amines is 2. The predicted molar refractivity (Wildman–Crippen MR) is 166 cm³/mol. The van der Waals surface area contributed by atoms with E-state index in [1.54, 1.807) is 0 Å². The summed E-state index contributed by atoms with van der Waals surface area (Å²) in [7, 11) is 0. The summed E-state index contributed by atoms with van der Waals surface area (Å²) < 4.78 is 0. The van der Waals surface area contributed by atoms with Gasteiger partial charge in [0.05, 0.1) is 34.4 Å². The monoisotopic (exact) mass is 523 g/mol. The van der Waals surface area contributed by atoms with Crippen LogP contribution in [-0.2, 0) is 0 Å². The van der Waals surface area contributed by atoms with E-state index >= 15 is 0 Å². The van der Waals surface area contributed by atoms with Gasteiger partial charge in [0.1, 0.15) is 0 Å². The molecule has 8 bridgehead atoms. The fraction of sp³-hybridized carbons (Fsp3) is 0.229. The van der Waals surface area contributed by atoms with E-state index in [9.17, 15) is 5.26 Å². The standard InChI is InChI=1S/C35H33N5/c1-5-25-27(7-3)33-19-34-28(8-4)26(6-2)32(40-34)18-24-14-16-30(38-24)35(22-11-9-21(20-36)10-12-22)29-15-13-23(37-29)17-31(25)39-33/h9-19,37-38H,5-8H2,1-4H3. The Balaban J connectivity index is 1.74. The van der Waals surface area contributed by atoms with Crippen molar-refractivity contribution in [3.8, 4) is 17.2 Å². The topological polar surface area (TPSA) is 81.2 Å². The highest BCUT2D eigenvalue weighted by molar-refractivity contribution is 5.97. The number of rotatable bonds is 5. The maximum absolute atomic E-state index is 9.34. The Labute approximate surface area is 235 Å². The minimum Gasteiger partial charge on any atom is -0.355 e. The Kier molecular flexibility index (Phi) is 6.69. The van der Waals surface area contributed by atoms with E-state index < -0.39 is 0 Å². The number of allylic oxidation sites excluding steroid dienone is 4. The van der Waals surface area contributed by atoms with Crippen molar-refractivity contribution in [1.29, 1.82) is 5.26 Å². The molecule has 2 N–H and O–H groups in total. The smallest absolute Gasteiger partial charge is 0.0991 e. The van der Waals surface area contributed by atoms with Gasteiger partial charge in [-0.1, -0.05) is 39.8 Å². The molecular weight excluding hydrogens is 490 g/mol. The van der Waals surface area contributed by atoms with Crippen LogP contribution in [0.4, 0.5) is 0 Å². The maximum atomic E-state index is 9.34. The second-order valence-corrected chi connectivity index (χ2v) is 10.2. The van der Waals surface area contributed by atoms with E-state index in [1.165, 1.54) is 22.3 Å². The van der Waals surface area contributed by atoms with Crippen LogP contribution in [0.5, 0.6) is 0 Å². The molecule has 5 heteroatoms. The molecule has 1 aromatic carbocycles. The van der Waals surface area contributed by atoms with Gasteiger partial charge < -0.3 is 9.97 Å². The van der Waals surface area contributed by atoms with Crippen molar-refractivity contribution >= 4 is 44.4 Å². The van der Waals surface area contributed by atoms with Crippen molar-refractivity contribution in [2.75, 3.05) is 0 Å². The Hall–Kier alpha value is -4.69. The van der Waals surface area contributed by atoms with Crippen molar-refractivity contribution < 1.29 is 0 Å². The molecule has 0 spiro atoms. The molecule has 0 saturated carbocycles. The SMILES string of the molecule is CCC1=C(CC)c2cc3ccc([nH]3)c(-c3ccc(C#N)cc3)c3ccc(cc4nc(cc1n2)C(CC)=C4CC)[nH]3. The van der Waals surface area contributed by atoms with Gasteiger partial charge in [-0.25, -0.2) is 9.97 Å². The summed E-state index contributed by atoms with van der Waals surface area (Å²) >= 11 is 0.